The fourth-order valence-electron chi connectivity index (χ4n) is 3.55. The Balaban J connectivity index is 1.73. The molecule has 2 atom stereocenters. The molecule has 10 heteroatoms. The van der Waals surface area contributed by atoms with E-state index in [-0.39, 0.29) is 11.5 Å². The van der Waals surface area contributed by atoms with Gasteiger partial charge in [-0.3, -0.25) is 14.2 Å². The molecule has 0 saturated heterocycles. The summed E-state index contributed by atoms with van der Waals surface area (Å²) in [6, 6.07) is 2.63. The summed E-state index contributed by atoms with van der Waals surface area (Å²) < 4.78 is 7.06. The third-order valence-electron chi connectivity index (χ3n) is 5.19. The number of ether oxygens (including phenoxy) is 1. The average Bonchev–Trinajstić information content (AvgIpc) is 2.93. The molecule has 2 aromatic heterocycles. The maximum Gasteiger partial charge on any atom is 0.278 e. The van der Waals surface area contributed by atoms with E-state index < -0.39 is 11.8 Å². The van der Waals surface area contributed by atoms with Crippen LogP contribution in [-0.4, -0.2) is 63.3 Å². The second-order valence-electron chi connectivity index (χ2n) is 7.17. The summed E-state index contributed by atoms with van der Waals surface area (Å²) in [5.41, 5.74) is -0.529. The Hall–Kier alpha value is -3.37. The Kier molecular flexibility index (Phi) is 5.42. The van der Waals surface area contributed by atoms with Gasteiger partial charge in [0.05, 0.1) is 11.4 Å². The van der Waals surface area contributed by atoms with Crippen LogP contribution < -0.4 is 16.2 Å². The number of aromatic nitrogens is 4. The maximum absolute atomic E-state index is 13.1. The highest BCUT2D eigenvalue weighted by atomic mass is 16.5. The molecule has 0 radical (unpaired) electrons. The minimum Gasteiger partial charge on any atom is -0.353 e. The number of carbonyl (C=O) groups is 1. The number of nitrogens with zero attached hydrogens (tertiary/aromatic N) is 5. The lowest BCUT2D eigenvalue weighted by atomic mass is 10.1. The second-order valence-corrected chi connectivity index (χ2v) is 7.17. The van der Waals surface area contributed by atoms with Gasteiger partial charge >= 0.3 is 0 Å². The van der Waals surface area contributed by atoms with E-state index in [1.54, 1.807) is 41.3 Å². The highest BCUT2D eigenvalue weighted by Gasteiger charge is 2.38. The molecular formula is C20H23N7O3. The lowest BCUT2D eigenvalue weighted by Gasteiger charge is -2.32. The number of carbonyl (C=O) groups excluding carboxylic acids is 1. The summed E-state index contributed by atoms with van der Waals surface area (Å²) in [7, 11) is 3.40. The summed E-state index contributed by atoms with van der Waals surface area (Å²) in [6.45, 7) is 1.62. The van der Waals surface area contributed by atoms with Crippen LogP contribution in [0, 0.1) is 0 Å². The third-order valence-corrected chi connectivity index (χ3v) is 5.19. The van der Waals surface area contributed by atoms with Crippen molar-refractivity contribution >= 4 is 5.91 Å². The van der Waals surface area contributed by atoms with E-state index in [1.807, 2.05) is 11.9 Å². The number of amides is 1. The van der Waals surface area contributed by atoms with Crippen molar-refractivity contribution in [3.8, 4) is 11.4 Å². The van der Waals surface area contributed by atoms with E-state index in [9.17, 15) is 9.59 Å². The first-order valence-corrected chi connectivity index (χ1v) is 9.57. The van der Waals surface area contributed by atoms with Gasteiger partial charge in [-0.2, -0.15) is 0 Å². The molecule has 0 saturated carbocycles. The molecule has 0 aliphatic carbocycles. The van der Waals surface area contributed by atoms with Gasteiger partial charge in [0.25, 0.3) is 11.5 Å². The third kappa shape index (κ3) is 3.74. The number of hydrogen-bond acceptors (Lipinski definition) is 8. The number of fused-ring (bicyclic) bond motifs is 1. The van der Waals surface area contributed by atoms with Gasteiger partial charge in [-0.05, 0) is 31.5 Å². The lowest BCUT2D eigenvalue weighted by molar-refractivity contribution is -0.141. The number of methoxy groups -OCH3 is 1. The summed E-state index contributed by atoms with van der Waals surface area (Å²) in [5.74, 6) is 0.106. The number of dihydropyridines is 1. The van der Waals surface area contributed by atoms with Gasteiger partial charge in [0.1, 0.15) is 18.2 Å². The molecule has 2 aliphatic rings. The molecule has 0 aromatic carbocycles. The van der Waals surface area contributed by atoms with Crippen molar-refractivity contribution in [3.63, 3.8) is 0 Å². The Morgan fingerprint density at radius 3 is 2.90 bits per heavy atom. The van der Waals surface area contributed by atoms with E-state index in [1.165, 1.54) is 19.5 Å². The largest absolute Gasteiger partial charge is 0.353 e. The van der Waals surface area contributed by atoms with Crippen molar-refractivity contribution in [2.75, 3.05) is 27.2 Å². The van der Waals surface area contributed by atoms with Gasteiger partial charge in [0.2, 0.25) is 5.72 Å². The molecule has 0 fully saturated rings. The molecule has 30 heavy (non-hydrogen) atoms. The van der Waals surface area contributed by atoms with Crippen LogP contribution in [-0.2, 0) is 16.1 Å². The maximum atomic E-state index is 13.1. The molecule has 10 nitrogen and oxygen atoms in total. The molecule has 4 heterocycles. The van der Waals surface area contributed by atoms with E-state index in [0.717, 1.165) is 0 Å². The zero-order valence-electron chi connectivity index (χ0n) is 16.8. The van der Waals surface area contributed by atoms with Crippen LogP contribution in [0.4, 0.5) is 0 Å². The van der Waals surface area contributed by atoms with Crippen LogP contribution >= 0.6 is 0 Å². The minimum atomic E-state index is -1.32. The molecule has 2 N–H and O–H groups in total. The first-order valence-electron chi connectivity index (χ1n) is 9.57. The average molecular weight is 409 g/mol. The molecule has 0 spiro atoms. The van der Waals surface area contributed by atoms with Gasteiger partial charge in [0.15, 0.2) is 0 Å². The monoisotopic (exact) mass is 409 g/mol. The molecule has 2 unspecified atom stereocenters. The molecule has 4 rings (SSSR count). The molecule has 1 amide bonds. The summed E-state index contributed by atoms with van der Waals surface area (Å²) >= 11 is 0. The molecule has 156 valence electrons. The van der Waals surface area contributed by atoms with Gasteiger partial charge in [0, 0.05) is 39.0 Å². The van der Waals surface area contributed by atoms with Crippen LogP contribution in [0.25, 0.3) is 11.4 Å². The smallest absolute Gasteiger partial charge is 0.278 e. The Bertz CT molecular complexity index is 1050. The van der Waals surface area contributed by atoms with Gasteiger partial charge in [-0.1, -0.05) is 6.08 Å². The Morgan fingerprint density at radius 2 is 2.20 bits per heavy atom. The van der Waals surface area contributed by atoms with E-state index in [0.29, 0.717) is 36.8 Å². The number of likely N-dealkylation sites (N-methyl/N-ethyl adjacent to an activating group) is 1. The number of hydrogen-bond donors (Lipinski definition) is 2. The molecule has 2 aromatic rings. The number of nitrogens with one attached hydrogen (secondary N) is 2. The highest BCUT2D eigenvalue weighted by molar-refractivity contribution is 5.87. The summed E-state index contributed by atoms with van der Waals surface area (Å²) in [4.78, 5) is 40.9. The first-order chi connectivity index (χ1) is 14.5. The van der Waals surface area contributed by atoms with Crippen LogP contribution in [0.3, 0.4) is 0 Å². The predicted molar refractivity (Wildman–Crippen MR) is 109 cm³/mol. The zero-order chi connectivity index (χ0) is 21.1. The second kappa shape index (κ2) is 8.17. The van der Waals surface area contributed by atoms with Gasteiger partial charge in [-0.25, -0.2) is 15.0 Å². The molecule has 2 aliphatic heterocycles. The molecule has 0 bridgehead atoms. The van der Waals surface area contributed by atoms with Gasteiger partial charge < -0.3 is 20.3 Å². The van der Waals surface area contributed by atoms with Crippen LogP contribution in [0.2, 0.25) is 0 Å². The topological polar surface area (TPSA) is 114 Å². The van der Waals surface area contributed by atoms with Crippen LogP contribution in [0.1, 0.15) is 11.9 Å². The Morgan fingerprint density at radius 1 is 1.33 bits per heavy atom. The van der Waals surface area contributed by atoms with Crippen molar-refractivity contribution in [3.05, 3.63) is 65.3 Å². The van der Waals surface area contributed by atoms with Crippen molar-refractivity contribution in [2.45, 2.75) is 18.3 Å². The van der Waals surface area contributed by atoms with Crippen LogP contribution in [0.15, 0.2) is 53.9 Å². The first kappa shape index (κ1) is 19.9. The fraction of sp³-hybridized carbons (Fsp3) is 0.350. The fourth-order valence-corrected chi connectivity index (χ4v) is 3.55. The summed E-state index contributed by atoms with van der Waals surface area (Å²) in [6.07, 6.45) is 9.80. The Labute approximate surface area is 173 Å². The minimum absolute atomic E-state index is 0.191. The van der Waals surface area contributed by atoms with Crippen molar-refractivity contribution in [1.82, 2.24) is 35.1 Å². The highest BCUT2D eigenvalue weighted by Crippen LogP contribution is 2.21. The van der Waals surface area contributed by atoms with Crippen molar-refractivity contribution in [2.24, 2.45) is 0 Å². The van der Waals surface area contributed by atoms with E-state index in [4.69, 9.17) is 9.72 Å². The van der Waals surface area contributed by atoms with E-state index >= 15 is 0 Å². The van der Waals surface area contributed by atoms with Crippen molar-refractivity contribution < 1.29 is 9.53 Å². The SMILES string of the molecule is COC1(C(=O)NC2CN(C)CCn3c2nc(-c2ccncn2)cc3=O)C=CC=CN1. The molecular weight excluding hydrogens is 386 g/mol. The van der Waals surface area contributed by atoms with Crippen LogP contribution in [0.5, 0.6) is 0 Å². The lowest BCUT2D eigenvalue weighted by Crippen LogP contribution is -2.57. The van der Waals surface area contributed by atoms with E-state index in [2.05, 4.69) is 20.6 Å². The predicted octanol–water partition coefficient (Wildman–Crippen LogP) is -0.181. The quantitative estimate of drug-likeness (QED) is 0.715. The number of allylic oxidation sites excluding steroid dienone is 2. The normalized spacial score (nSPS) is 23.3. The van der Waals surface area contributed by atoms with Crippen molar-refractivity contribution in [1.29, 1.82) is 0 Å². The summed E-state index contributed by atoms with van der Waals surface area (Å²) in [5, 5.41) is 5.95. The zero-order valence-corrected chi connectivity index (χ0v) is 16.8. The standard InChI is InChI=1S/C20H23N7O3/c1-26-9-10-27-17(28)11-15(14-5-8-21-13-22-14)24-18(27)16(12-26)25-19(29)20(30-2)6-3-4-7-23-20/h3-8,11,13,16,23H,9-10,12H2,1-2H3,(H,25,29). The number of rotatable bonds is 4. The van der Waals surface area contributed by atoms with Gasteiger partial charge in [-0.15, -0.1) is 0 Å².